The van der Waals surface area contributed by atoms with Gasteiger partial charge in [0.15, 0.2) is 0 Å². The maximum atomic E-state index is 6.89. The summed E-state index contributed by atoms with van der Waals surface area (Å²) in [5.41, 5.74) is 19.6. The van der Waals surface area contributed by atoms with Gasteiger partial charge in [0.1, 0.15) is 11.5 Å². The molecular weight excluding hydrogens is 629 g/mol. The minimum absolute atomic E-state index is 0.00210. The average molecular weight is 672 g/mol. The summed E-state index contributed by atoms with van der Waals surface area (Å²) in [4.78, 5) is 2.52. The molecule has 0 saturated carbocycles. The Morgan fingerprint density at radius 2 is 1.13 bits per heavy atom. The van der Waals surface area contributed by atoms with E-state index in [2.05, 4.69) is 192 Å². The average Bonchev–Trinajstić information content (AvgIpc) is 3.14. The monoisotopic (exact) mass is 671 g/mol. The van der Waals surface area contributed by atoms with Crippen molar-refractivity contribution in [2.75, 3.05) is 4.90 Å². The van der Waals surface area contributed by atoms with E-state index in [1.165, 1.54) is 89.1 Å². The molecule has 0 bridgehead atoms. The van der Waals surface area contributed by atoms with Crippen LogP contribution >= 0.6 is 0 Å². The third kappa shape index (κ3) is 5.35. The van der Waals surface area contributed by atoms with Gasteiger partial charge in [0.05, 0.1) is 5.69 Å². The second-order valence-corrected chi connectivity index (χ2v) is 15.6. The molecule has 7 aromatic carbocycles. The van der Waals surface area contributed by atoms with Crippen LogP contribution in [0.2, 0.25) is 0 Å². The van der Waals surface area contributed by atoms with Gasteiger partial charge < -0.3 is 9.64 Å². The van der Waals surface area contributed by atoms with Gasteiger partial charge in [-0.15, -0.1) is 0 Å². The Morgan fingerprint density at radius 3 is 1.81 bits per heavy atom. The topological polar surface area (TPSA) is 12.5 Å². The molecule has 0 atom stereocenters. The van der Waals surface area contributed by atoms with Crippen molar-refractivity contribution in [1.29, 1.82) is 0 Å². The normalized spacial score (nSPS) is 12.9. The van der Waals surface area contributed by atoms with Crippen molar-refractivity contribution in [2.45, 2.75) is 47.0 Å². The number of benzene rings is 7. The Bertz CT molecular complexity index is 2510. The van der Waals surface area contributed by atoms with Gasteiger partial charge in [-0.1, -0.05) is 136 Å². The first kappa shape index (κ1) is 32.1. The molecule has 0 N–H and O–H groups in total. The van der Waals surface area contributed by atoms with Crippen LogP contribution in [-0.4, -0.2) is 6.71 Å². The maximum absolute atomic E-state index is 6.89. The molecule has 7 aromatic rings. The first-order valence-corrected chi connectivity index (χ1v) is 18.4. The van der Waals surface area contributed by atoms with Gasteiger partial charge >= 0.3 is 0 Å². The number of hydrogen-bond donors (Lipinski definition) is 0. The molecule has 0 aromatic heterocycles. The molecule has 0 fully saturated rings. The third-order valence-corrected chi connectivity index (χ3v) is 10.9. The lowest BCUT2D eigenvalue weighted by Gasteiger charge is -2.41. The van der Waals surface area contributed by atoms with Crippen LogP contribution in [0.4, 0.5) is 17.1 Å². The van der Waals surface area contributed by atoms with Crippen molar-refractivity contribution in [3.8, 4) is 44.9 Å². The molecule has 0 aliphatic carbocycles. The summed E-state index contributed by atoms with van der Waals surface area (Å²) < 4.78 is 6.89. The fourth-order valence-electron chi connectivity index (χ4n) is 8.30. The number of fused-ring (bicyclic) bond motifs is 4. The van der Waals surface area contributed by atoms with Gasteiger partial charge in [0, 0.05) is 16.9 Å². The van der Waals surface area contributed by atoms with Crippen molar-refractivity contribution in [2.24, 2.45) is 0 Å². The Balaban J connectivity index is 1.35. The molecule has 2 aliphatic heterocycles. The summed E-state index contributed by atoms with van der Waals surface area (Å²) in [5.74, 6) is 1.85. The maximum Gasteiger partial charge on any atom is 0.256 e. The first-order chi connectivity index (χ1) is 25.1. The fraction of sp³-hybridized carbons (Fsp3) is 0.143. The molecule has 52 heavy (non-hydrogen) atoms. The lowest BCUT2D eigenvalue weighted by molar-refractivity contribution is 0.487. The van der Waals surface area contributed by atoms with Crippen molar-refractivity contribution >= 4 is 40.2 Å². The molecule has 2 heterocycles. The quantitative estimate of drug-likeness (QED) is 0.173. The van der Waals surface area contributed by atoms with E-state index in [0.29, 0.717) is 0 Å². The Kier molecular flexibility index (Phi) is 7.52. The Labute approximate surface area is 308 Å². The molecule has 0 spiro atoms. The highest BCUT2D eigenvalue weighted by Crippen LogP contribution is 2.47. The number of hydrogen-bond acceptors (Lipinski definition) is 2. The first-order valence-electron chi connectivity index (χ1n) is 18.4. The summed E-state index contributed by atoms with van der Waals surface area (Å²) in [7, 11) is 0. The summed E-state index contributed by atoms with van der Waals surface area (Å²) >= 11 is 0. The van der Waals surface area contributed by atoms with E-state index < -0.39 is 0 Å². The molecule has 2 nitrogen and oxygen atoms in total. The smallest absolute Gasteiger partial charge is 0.256 e. The molecular formula is C49H42BNO. The van der Waals surface area contributed by atoms with Crippen molar-refractivity contribution in [3.63, 3.8) is 0 Å². The van der Waals surface area contributed by atoms with Gasteiger partial charge in [-0.2, -0.15) is 0 Å². The van der Waals surface area contributed by atoms with E-state index in [0.717, 1.165) is 11.5 Å². The van der Waals surface area contributed by atoms with E-state index in [1.807, 2.05) is 0 Å². The largest absolute Gasteiger partial charge is 0.458 e. The highest BCUT2D eigenvalue weighted by atomic mass is 16.5. The molecule has 252 valence electrons. The third-order valence-electron chi connectivity index (χ3n) is 10.9. The van der Waals surface area contributed by atoms with Crippen LogP contribution in [0.15, 0.2) is 146 Å². The van der Waals surface area contributed by atoms with Crippen molar-refractivity contribution < 1.29 is 4.74 Å². The summed E-state index contributed by atoms with van der Waals surface area (Å²) in [5, 5.41) is 0. The SMILES string of the molecule is Cc1ccc(-c2cc(C(C)(C)C)ccc2N2c3ccc(-c4ccccc4)cc3B3c4cc(-c5ccccc5)ccc4Oc4cc(C)cc2c43)c(C)c1. The molecule has 0 amide bonds. The van der Waals surface area contributed by atoms with E-state index in [1.54, 1.807) is 0 Å². The van der Waals surface area contributed by atoms with Crippen molar-refractivity contribution in [3.05, 3.63) is 168 Å². The van der Waals surface area contributed by atoms with E-state index in [4.69, 9.17) is 4.74 Å². The zero-order valence-corrected chi connectivity index (χ0v) is 30.8. The molecule has 0 saturated heterocycles. The van der Waals surface area contributed by atoms with Gasteiger partial charge in [-0.3, -0.25) is 0 Å². The lowest BCUT2D eigenvalue weighted by atomic mass is 9.34. The zero-order chi connectivity index (χ0) is 35.7. The minimum Gasteiger partial charge on any atom is -0.458 e. The van der Waals surface area contributed by atoms with Gasteiger partial charge in [0.25, 0.3) is 6.71 Å². The summed E-state index contributed by atoms with van der Waals surface area (Å²) in [6.07, 6.45) is 0. The molecule has 2 aliphatic rings. The molecule has 0 unspecified atom stereocenters. The summed E-state index contributed by atoms with van der Waals surface area (Å²) in [6, 6.07) is 53.8. The fourth-order valence-corrected chi connectivity index (χ4v) is 8.30. The Hall–Kier alpha value is -5.80. The standard InChI is InChI=1S/C49H42BNO/c1-31-17-21-39(33(3)25-31)40-30-38(49(4,5)6)20-23-43(40)51-44-22-18-36(34-13-9-7-10-14-34)28-41(44)50-42-29-37(35-15-11-8-12-16-35)19-24-46(42)52-47-27-32(2)26-45(51)48(47)50/h7-30H,1-6H3. The number of aryl methyl sites for hydroxylation is 3. The van der Waals surface area contributed by atoms with Gasteiger partial charge in [-0.05, 0) is 123 Å². The van der Waals surface area contributed by atoms with Crippen LogP contribution in [0.1, 0.15) is 43.0 Å². The lowest BCUT2D eigenvalue weighted by Crippen LogP contribution is -2.59. The number of rotatable bonds is 4. The van der Waals surface area contributed by atoms with E-state index >= 15 is 0 Å². The van der Waals surface area contributed by atoms with Crippen LogP contribution in [0.25, 0.3) is 33.4 Å². The van der Waals surface area contributed by atoms with E-state index in [9.17, 15) is 0 Å². The second-order valence-electron chi connectivity index (χ2n) is 15.6. The predicted octanol–water partition coefficient (Wildman–Crippen LogP) is 11.3. The highest BCUT2D eigenvalue weighted by molar-refractivity contribution is 6.99. The highest BCUT2D eigenvalue weighted by Gasteiger charge is 2.43. The zero-order valence-electron chi connectivity index (χ0n) is 30.8. The van der Waals surface area contributed by atoms with Crippen molar-refractivity contribution in [1.82, 2.24) is 0 Å². The predicted molar refractivity (Wildman–Crippen MR) is 222 cm³/mol. The van der Waals surface area contributed by atoms with Gasteiger partial charge in [-0.25, -0.2) is 0 Å². The van der Waals surface area contributed by atoms with Crippen LogP contribution in [-0.2, 0) is 5.41 Å². The molecule has 9 rings (SSSR count). The second kappa shape index (κ2) is 12.2. The van der Waals surface area contributed by atoms with E-state index in [-0.39, 0.29) is 12.1 Å². The van der Waals surface area contributed by atoms with Crippen LogP contribution in [0.5, 0.6) is 11.5 Å². The number of ether oxygens (including phenoxy) is 1. The van der Waals surface area contributed by atoms with Gasteiger partial charge in [0.2, 0.25) is 0 Å². The Morgan fingerprint density at radius 1 is 0.481 bits per heavy atom. The number of anilines is 3. The summed E-state index contributed by atoms with van der Waals surface area (Å²) in [6.45, 7) is 13.5. The minimum atomic E-state index is -0.00802. The molecule has 3 heteroatoms. The van der Waals surface area contributed by atoms with Crippen LogP contribution < -0.4 is 26.0 Å². The number of nitrogens with zero attached hydrogens (tertiary/aromatic N) is 1. The van der Waals surface area contributed by atoms with Crippen LogP contribution in [0, 0.1) is 20.8 Å². The van der Waals surface area contributed by atoms with Crippen LogP contribution in [0.3, 0.4) is 0 Å². The molecule has 0 radical (unpaired) electrons.